The van der Waals surface area contributed by atoms with Crippen LogP contribution in [0, 0.1) is 0 Å². The fourth-order valence-electron chi connectivity index (χ4n) is 2.10. The quantitative estimate of drug-likeness (QED) is 0.270. The van der Waals surface area contributed by atoms with Crippen LogP contribution >= 0.6 is 0 Å². The summed E-state index contributed by atoms with van der Waals surface area (Å²) in [6.45, 7) is 4.21. The maximum atomic E-state index is 2.28. The van der Waals surface area contributed by atoms with E-state index in [2.05, 4.69) is 38.2 Å². The van der Waals surface area contributed by atoms with E-state index in [1.165, 1.54) is 70.6 Å². The number of hydrogen-bond acceptors (Lipinski definition) is 0. The monoisotopic (exact) mass is 236 g/mol. The van der Waals surface area contributed by atoms with E-state index in [-0.39, 0.29) is 0 Å². The number of unbranched alkanes of at least 4 members (excludes halogenated alkanes) is 10. The van der Waals surface area contributed by atoms with Gasteiger partial charge in [0.25, 0.3) is 0 Å². The molecule has 0 N–H and O–H groups in total. The van der Waals surface area contributed by atoms with Crippen molar-refractivity contribution in [3.8, 4) is 0 Å². The van der Waals surface area contributed by atoms with E-state index >= 15 is 0 Å². The summed E-state index contributed by atoms with van der Waals surface area (Å²) < 4.78 is 0. The summed E-state index contributed by atoms with van der Waals surface area (Å²) in [5.74, 6) is 0. The third-order valence-electron chi connectivity index (χ3n) is 3.21. The van der Waals surface area contributed by atoms with Crippen LogP contribution in [0.5, 0.6) is 0 Å². The van der Waals surface area contributed by atoms with Gasteiger partial charge in [0.2, 0.25) is 0 Å². The van der Waals surface area contributed by atoms with Gasteiger partial charge in [-0.25, -0.2) is 0 Å². The normalized spacial score (nSPS) is 11.9. The summed E-state index contributed by atoms with van der Waals surface area (Å²) in [5.41, 5.74) is 0. The smallest absolute Gasteiger partial charge is 0.0351 e. The van der Waals surface area contributed by atoms with Gasteiger partial charge in [-0.3, -0.25) is 0 Å². The molecule has 0 unspecified atom stereocenters. The van der Waals surface area contributed by atoms with Crippen LogP contribution in [0.2, 0.25) is 0 Å². The summed E-state index contributed by atoms with van der Waals surface area (Å²) in [6.07, 6.45) is 24.3. The molecule has 0 bridgehead atoms. The molecule has 0 aromatic heterocycles. The first-order valence-electron chi connectivity index (χ1n) is 7.64. The first-order valence-corrected chi connectivity index (χ1v) is 7.64. The van der Waals surface area contributed by atoms with Gasteiger partial charge in [-0.15, -0.1) is 0 Å². The van der Waals surface area contributed by atoms with Crippen molar-refractivity contribution in [3.63, 3.8) is 0 Å². The van der Waals surface area contributed by atoms with Crippen LogP contribution in [0.4, 0.5) is 0 Å². The van der Waals surface area contributed by atoms with Crippen LogP contribution in [0.1, 0.15) is 84.5 Å². The Morgan fingerprint density at radius 1 is 0.471 bits per heavy atom. The average molecular weight is 236 g/mol. The molecule has 0 atom stereocenters. The maximum Gasteiger partial charge on any atom is -0.0351 e. The van der Waals surface area contributed by atoms with Gasteiger partial charge >= 0.3 is 0 Å². The molecule has 0 spiro atoms. The second kappa shape index (κ2) is 15.5. The third-order valence-corrected chi connectivity index (χ3v) is 3.21. The fourth-order valence-corrected chi connectivity index (χ4v) is 2.10. The van der Waals surface area contributed by atoms with Crippen molar-refractivity contribution in [2.24, 2.45) is 0 Å². The summed E-state index contributed by atoms with van der Waals surface area (Å²) in [4.78, 5) is 0. The van der Waals surface area contributed by atoms with Gasteiger partial charge in [0, 0.05) is 0 Å². The molecule has 0 aromatic rings. The summed E-state index contributed by atoms with van der Waals surface area (Å²) in [7, 11) is 0. The zero-order chi connectivity index (χ0) is 12.6. The molecule has 0 rings (SSSR count). The minimum atomic E-state index is 1.28. The average Bonchev–Trinajstić information content (AvgIpc) is 2.35. The zero-order valence-corrected chi connectivity index (χ0v) is 12.1. The second-order valence-electron chi connectivity index (χ2n) is 4.90. The predicted molar refractivity (Wildman–Crippen MR) is 80.4 cm³/mol. The highest BCUT2D eigenvalue weighted by Crippen LogP contribution is 2.11. The lowest BCUT2D eigenvalue weighted by atomic mass is 10.1. The van der Waals surface area contributed by atoms with Gasteiger partial charge in [0.1, 0.15) is 0 Å². The molecule has 0 saturated carbocycles. The van der Waals surface area contributed by atoms with Crippen molar-refractivity contribution < 1.29 is 0 Å². The number of hydrogen-bond donors (Lipinski definition) is 0. The van der Waals surface area contributed by atoms with Crippen LogP contribution in [0.25, 0.3) is 0 Å². The van der Waals surface area contributed by atoms with Crippen molar-refractivity contribution in [2.75, 3.05) is 0 Å². The molecule has 0 aliphatic heterocycles. The van der Waals surface area contributed by atoms with Gasteiger partial charge in [-0.05, 0) is 39.5 Å². The molecule has 0 aliphatic rings. The van der Waals surface area contributed by atoms with Crippen molar-refractivity contribution in [3.05, 3.63) is 24.3 Å². The third kappa shape index (κ3) is 15.5. The molecular weight excluding hydrogens is 204 g/mol. The lowest BCUT2D eigenvalue weighted by molar-refractivity contribution is 0.561. The van der Waals surface area contributed by atoms with Crippen molar-refractivity contribution in [2.45, 2.75) is 84.5 Å². The number of allylic oxidation sites excluding steroid dienone is 4. The topological polar surface area (TPSA) is 0 Å². The largest absolute Gasteiger partial charge is 0.0917 e. The highest BCUT2D eigenvalue weighted by atomic mass is 14.0. The Bertz CT molecular complexity index is 156. The SMILES string of the molecule is CC=CCCCCCCCCCCCC=CC. The molecule has 100 valence electrons. The molecule has 0 heteroatoms. The molecule has 0 saturated heterocycles. The molecule has 0 aliphatic carbocycles. The van der Waals surface area contributed by atoms with Crippen LogP contribution in [0.3, 0.4) is 0 Å². The van der Waals surface area contributed by atoms with E-state index in [1.54, 1.807) is 0 Å². The lowest BCUT2D eigenvalue weighted by Crippen LogP contribution is -1.81. The number of rotatable bonds is 12. The highest BCUT2D eigenvalue weighted by molar-refractivity contribution is 4.76. The lowest BCUT2D eigenvalue weighted by Gasteiger charge is -2.01. The molecule has 17 heavy (non-hydrogen) atoms. The summed E-state index contributed by atoms with van der Waals surface area (Å²) >= 11 is 0. The maximum absolute atomic E-state index is 2.28. The van der Waals surface area contributed by atoms with Gasteiger partial charge in [0.05, 0.1) is 0 Å². The van der Waals surface area contributed by atoms with Crippen molar-refractivity contribution in [1.29, 1.82) is 0 Å². The molecule has 0 amide bonds. The van der Waals surface area contributed by atoms with Gasteiger partial charge in [-0.2, -0.15) is 0 Å². The molecule has 0 aromatic carbocycles. The summed E-state index contributed by atoms with van der Waals surface area (Å²) in [6, 6.07) is 0. The van der Waals surface area contributed by atoms with E-state index in [1.807, 2.05) is 0 Å². The Morgan fingerprint density at radius 2 is 0.765 bits per heavy atom. The Morgan fingerprint density at radius 3 is 1.06 bits per heavy atom. The van der Waals surface area contributed by atoms with E-state index in [4.69, 9.17) is 0 Å². The summed E-state index contributed by atoms with van der Waals surface area (Å²) in [5, 5.41) is 0. The van der Waals surface area contributed by atoms with E-state index < -0.39 is 0 Å². The minimum absolute atomic E-state index is 1.28. The Balaban J connectivity index is 2.94. The van der Waals surface area contributed by atoms with Crippen LogP contribution in [-0.4, -0.2) is 0 Å². The molecular formula is C17H32. The standard InChI is InChI=1S/C17H32/c1-3-5-7-9-11-13-15-17-16-14-12-10-8-6-4-2/h3-6H,7-17H2,1-2H3. The minimum Gasteiger partial charge on any atom is -0.0917 e. The molecule has 0 heterocycles. The van der Waals surface area contributed by atoms with Gasteiger partial charge in [-0.1, -0.05) is 69.2 Å². The zero-order valence-electron chi connectivity index (χ0n) is 12.1. The Kier molecular flexibility index (Phi) is 15.0. The Hall–Kier alpha value is -0.520. The predicted octanol–water partition coefficient (Wildman–Crippen LogP) is 6.43. The highest BCUT2D eigenvalue weighted by Gasteiger charge is 1.91. The van der Waals surface area contributed by atoms with Crippen molar-refractivity contribution in [1.82, 2.24) is 0 Å². The van der Waals surface area contributed by atoms with E-state index in [0.29, 0.717) is 0 Å². The van der Waals surface area contributed by atoms with Crippen LogP contribution in [0.15, 0.2) is 24.3 Å². The first kappa shape index (κ1) is 16.5. The molecule has 0 fully saturated rings. The van der Waals surface area contributed by atoms with E-state index in [9.17, 15) is 0 Å². The fraction of sp³-hybridized carbons (Fsp3) is 0.765. The Labute approximate surface area is 109 Å². The molecule has 0 radical (unpaired) electrons. The van der Waals surface area contributed by atoms with Crippen LogP contribution < -0.4 is 0 Å². The first-order chi connectivity index (χ1) is 8.41. The van der Waals surface area contributed by atoms with Gasteiger partial charge < -0.3 is 0 Å². The second-order valence-corrected chi connectivity index (χ2v) is 4.90. The van der Waals surface area contributed by atoms with E-state index in [0.717, 1.165) is 0 Å². The van der Waals surface area contributed by atoms with Gasteiger partial charge in [0.15, 0.2) is 0 Å². The van der Waals surface area contributed by atoms with Crippen LogP contribution in [-0.2, 0) is 0 Å². The molecule has 0 nitrogen and oxygen atoms in total. The van der Waals surface area contributed by atoms with Crippen molar-refractivity contribution >= 4 is 0 Å².